The third-order valence-corrected chi connectivity index (χ3v) is 5.93. The molecule has 0 saturated carbocycles. The molecule has 4 N–H and O–H groups in total. The minimum absolute atomic E-state index is 0.171. The van der Waals surface area contributed by atoms with E-state index >= 15 is 0 Å². The van der Waals surface area contributed by atoms with Crippen molar-refractivity contribution in [2.75, 3.05) is 23.8 Å². The molecule has 0 aliphatic rings. The smallest absolute Gasteiger partial charge is 0.407 e. The number of H-pyrrole nitrogens is 1. The summed E-state index contributed by atoms with van der Waals surface area (Å²) in [7, 11) is 0. The Balaban J connectivity index is 0.00000147. The van der Waals surface area contributed by atoms with Crippen LogP contribution in [0.2, 0.25) is 0 Å². The van der Waals surface area contributed by atoms with Crippen LogP contribution in [0.15, 0.2) is 30.5 Å². The molecule has 0 bridgehead atoms. The number of amides is 2. The fourth-order valence-corrected chi connectivity index (χ4v) is 4.37. The number of alkyl carbamates (subject to hydrolysis) is 1. The van der Waals surface area contributed by atoms with Crippen LogP contribution in [0.3, 0.4) is 0 Å². The summed E-state index contributed by atoms with van der Waals surface area (Å²) in [4.78, 5) is 45.6. The molecular weight excluding hydrogens is 532 g/mol. The summed E-state index contributed by atoms with van der Waals surface area (Å²) in [6.45, 7) is 11.3. The maximum absolute atomic E-state index is 12.2. The zero-order valence-electron chi connectivity index (χ0n) is 23.8. The lowest BCUT2D eigenvalue weighted by molar-refractivity contribution is -0.676. The number of anilines is 2. The maximum atomic E-state index is 12.2. The molecule has 2 amide bonds. The topological polar surface area (TPSA) is 184 Å². The maximum Gasteiger partial charge on any atom is 0.407 e. The number of ether oxygens (including phenoxy) is 2. The number of benzene rings is 1. The number of nitrogen functional groups attached to an aromatic ring is 1. The average molecular weight is 569 g/mol. The Hall–Kier alpha value is -4.88. The van der Waals surface area contributed by atoms with Crippen LogP contribution in [-0.2, 0) is 34.0 Å². The summed E-state index contributed by atoms with van der Waals surface area (Å²) in [6, 6.07) is 7.64. The number of aromatic amines is 1. The molecule has 0 saturated heterocycles. The molecule has 0 spiro atoms. The van der Waals surface area contributed by atoms with Crippen molar-refractivity contribution in [1.82, 2.24) is 24.8 Å². The first-order valence-electron chi connectivity index (χ1n) is 13.1. The number of nitrogens with two attached hydrogens (primary N) is 1. The number of aryl methyl sites for hydroxylation is 2. The van der Waals surface area contributed by atoms with Crippen molar-refractivity contribution < 1.29 is 33.5 Å². The lowest BCUT2D eigenvalue weighted by Crippen LogP contribution is -2.40. The monoisotopic (exact) mass is 568 g/mol. The van der Waals surface area contributed by atoms with E-state index in [4.69, 9.17) is 25.1 Å². The van der Waals surface area contributed by atoms with Gasteiger partial charge in [-0.2, -0.15) is 0 Å². The number of nitrogens with zero attached hydrogens (tertiary/aromatic N) is 5. The van der Waals surface area contributed by atoms with Crippen LogP contribution in [0.1, 0.15) is 40.4 Å². The number of carboxylic acid groups (broad SMARTS) is 1. The second-order valence-corrected chi connectivity index (χ2v) is 9.81. The molecule has 3 aromatic heterocycles. The third-order valence-electron chi connectivity index (χ3n) is 5.93. The molecule has 4 rings (SSSR count). The van der Waals surface area contributed by atoms with Gasteiger partial charge in [0, 0.05) is 18.7 Å². The van der Waals surface area contributed by atoms with Crippen molar-refractivity contribution in [1.29, 1.82) is 0 Å². The molecule has 220 valence electrons. The number of imidazole rings is 1. The van der Waals surface area contributed by atoms with Crippen LogP contribution in [0, 0.1) is 0 Å². The number of hydrogen-bond donors (Lipinski definition) is 3. The van der Waals surface area contributed by atoms with Crippen molar-refractivity contribution in [3.63, 3.8) is 0 Å². The molecule has 0 unspecified atom stereocenters. The Bertz CT molecular complexity index is 1510. The summed E-state index contributed by atoms with van der Waals surface area (Å²) in [6.07, 6.45) is 1.97. The molecule has 4 aromatic rings. The van der Waals surface area contributed by atoms with Crippen molar-refractivity contribution in [3.05, 3.63) is 36.3 Å². The van der Waals surface area contributed by atoms with Gasteiger partial charge in [0.25, 0.3) is 5.82 Å². The average Bonchev–Trinajstić information content (AvgIpc) is 3.49. The van der Waals surface area contributed by atoms with Crippen LogP contribution in [0.5, 0.6) is 5.75 Å². The first-order chi connectivity index (χ1) is 19.6. The highest BCUT2D eigenvalue weighted by Crippen LogP contribution is 2.25. The lowest BCUT2D eigenvalue weighted by Gasteiger charge is -2.19. The predicted molar refractivity (Wildman–Crippen MR) is 150 cm³/mol. The predicted octanol–water partition coefficient (Wildman–Crippen LogP) is 1.25. The van der Waals surface area contributed by atoms with Gasteiger partial charge in [0.1, 0.15) is 30.0 Å². The van der Waals surface area contributed by atoms with E-state index in [1.165, 1.54) is 4.90 Å². The fourth-order valence-electron chi connectivity index (χ4n) is 4.37. The van der Waals surface area contributed by atoms with E-state index in [1.807, 2.05) is 45.9 Å². The molecule has 0 fully saturated rings. The van der Waals surface area contributed by atoms with Gasteiger partial charge in [-0.05, 0) is 52.8 Å². The van der Waals surface area contributed by atoms with Crippen LogP contribution < -0.4 is 30.4 Å². The Labute approximate surface area is 237 Å². The SMILES string of the molecule is CCn1c(CN(C=O)c2nc3cc[nH]c3nc2N)[n+](CC)c2ccc(OCCNC(=O)OC(C)(C)C)cc21.O=C[O-]. The number of carbonyl (C=O) groups excluding carboxylic acids is 3. The highest BCUT2D eigenvalue weighted by Gasteiger charge is 2.27. The van der Waals surface area contributed by atoms with Crippen LogP contribution in [-0.4, -0.2) is 57.2 Å². The summed E-state index contributed by atoms with van der Waals surface area (Å²) in [5, 5.41) is 10.9. The van der Waals surface area contributed by atoms with Crippen molar-refractivity contribution in [2.45, 2.75) is 59.9 Å². The number of fused-ring (bicyclic) bond motifs is 2. The summed E-state index contributed by atoms with van der Waals surface area (Å²) in [5.41, 5.74) is 8.77. The molecule has 14 nitrogen and oxygen atoms in total. The Morgan fingerprint density at radius 2 is 1.98 bits per heavy atom. The normalized spacial score (nSPS) is 11.0. The standard InChI is InChI=1S/C26H34N8O4.CH2O2/c1-6-33-19-9-8-17(37-13-12-29-25(36)38-26(3,4)5)14-20(19)34(7-2)21(33)15-32(16-35)24-22(27)31-23-18(30-24)10-11-28-23;2-1-3/h8-11,14,16H,6-7,12-13,15H2,1-5H3,(H3-,27,28,29,30,31,36);1H,(H,2,3). The fraction of sp³-hybridized carbons (Fsp3) is 0.407. The van der Waals surface area contributed by atoms with Gasteiger partial charge >= 0.3 is 6.09 Å². The van der Waals surface area contributed by atoms with E-state index < -0.39 is 18.2 Å². The van der Waals surface area contributed by atoms with Crippen LogP contribution in [0.25, 0.3) is 22.2 Å². The number of aromatic nitrogens is 5. The van der Waals surface area contributed by atoms with Crippen molar-refractivity contribution in [2.24, 2.45) is 0 Å². The van der Waals surface area contributed by atoms with E-state index in [9.17, 15) is 9.59 Å². The highest BCUT2D eigenvalue weighted by atomic mass is 16.6. The van der Waals surface area contributed by atoms with Gasteiger partial charge in [0.05, 0.1) is 19.6 Å². The van der Waals surface area contributed by atoms with Gasteiger partial charge in [0.2, 0.25) is 6.41 Å². The number of carbonyl (C=O) groups is 3. The third kappa shape index (κ3) is 7.41. The second-order valence-electron chi connectivity index (χ2n) is 9.81. The molecule has 14 heteroatoms. The van der Waals surface area contributed by atoms with Gasteiger partial charge in [-0.15, -0.1) is 0 Å². The summed E-state index contributed by atoms with van der Waals surface area (Å²) < 4.78 is 15.4. The second kappa shape index (κ2) is 13.5. The number of rotatable bonds is 10. The minimum Gasteiger partial charge on any atom is -0.554 e. The van der Waals surface area contributed by atoms with Crippen LogP contribution >= 0.6 is 0 Å². The van der Waals surface area contributed by atoms with Crippen molar-refractivity contribution in [3.8, 4) is 5.75 Å². The first-order valence-corrected chi connectivity index (χ1v) is 13.1. The molecule has 0 radical (unpaired) electrons. The molecule has 0 aliphatic heterocycles. The summed E-state index contributed by atoms with van der Waals surface area (Å²) in [5.74, 6) is 2.07. The quantitative estimate of drug-likeness (QED) is 0.144. The summed E-state index contributed by atoms with van der Waals surface area (Å²) >= 11 is 0. The molecule has 3 heterocycles. The van der Waals surface area contributed by atoms with Gasteiger partial charge in [-0.1, -0.05) is 0 Å². The Kier molecular flexibility index (Phi) is 10.1. The highest BCUT2D eigenvalue weighted by molar-refractivity contribution is 5.84. The van der Waals surface area contributed by atoms with Gasteiger partial charge in [-0.3, -0.25) is 9.69 Å². The molecule has 1 aromatic carbocycles. The molecule has 41 heavy (non-hydrogen) atoms. The van der Waals surface area contributed by atoms with Crippen molar-refractivity contribution >= 4 is 52.8 Å². The zero-order chi connectivity index (χ0) is 30.2. The van der Waals surface area contributed by atoms with E-state index in [0.29, 0.717) is 42.4 Å². The molecular formula is C27H36N8O6. The van der Waals surface area contributed by atoms with E-state index in [0.717, 1.165) is 23.3 Å². The van der Waals surface area contributed by atoms with Gasteiger partial charge < -0.3 is 35.4 Å². The molecule has 0 aliphatic carbocycles. The zero-order valence-corrected chi connectivity index (χ0v) is 23.8. The van der Waals surface area contributed by atoms with Gasteiger partial charge in [0.15, 0.2) is 28.3 Å². The van der Waals surface area contributed by atoms with Crippen LogP contribution in [0.4, 0.5) is 16.4 Å². The number of hydrogen-bond acceptors (Lipinski definition) is 9. The Morgan fingerprint density at radius 1 is 1.24 bits per heavy atom. The lowest BCUT2D eigenvalue weighted by atomic mass is 10.2. The van der Waals surface area contributed by atoms with Gasteiger partial charge in [-0.25, -0.2) is 23.9 Å². The molecule has 0 atom stereocenters. The Morgan fingerprint density at radius 3 is 2.61 bits per heavy atom. The number of nitrogens with one attached hydrogen (secondary N) is 2. The first kappa shape index (κ1) is 30.7. The van der Waals surface area contributed by atoms with E-state index in [2.05, 4.69) is 36.3 Å². The minimum atomic E-state index is -0.555. The van der Waals surface area contributed by atoms with E-state index in [-0.39, 0.29) is 19.0 Å². The van der Waals surface area contributed by atoms with E-state index in [1.54, 1.807) is 12.3 Å². The largest absolute Gasteiger partial charge is 0.554 e.